The average Bonchev–Trinajstić information content (AvgIpc) is 3.01. The maximum absolute atomic E-state index is 12.7. The predicted molar refractivity (Wildman–Crippen MR) is 182 cm³/mol. The van der Waals surface area contributed by atoms with Crippen LogP contribution >= 0.6 is 0 Å². The van der Waals surface area contributed by atoms with Gasteiger partial charge in [-0.25, -0.2) is 0 Å². The lowest BCUT2D eigenvalue weighted by Gasteiger charge is -2.28. The number of rotatable bonds is 30. The van der Waals surface area contributed by atoms with Crippen LogP contribution in [0.1, 0.15) is 187 Å². The highest BCUT2D eigenvalue weighted by atomic mass is 16.5. The van der Waals surface area contributed by atoms with Crippen LogP contribution in [0, 0.1) is 11.8 Å². The van der Waals surface area contributed by atoms with Crippen molar-refractivity contribution in [3.63, 3.8) is 0 Å². The van der Waals surface area contributed by atoms with Gasteiger partial charge in [0.15, 0.2) is 0 Å². The molecule has 1 fully saturated rings. The van der Waals surface area contributed by atoms with Crippen LogP contribution in [0.2, 0.25) is 0 Å². The van der Waals surface area contributed by atoms with E-state index < -0.39 is 0 Å². The second-order valence-corrected chi connectivity index (χ2v) is 13.7. The van der Waals surface area contributed by atoms with Gasteiger partial charge in [-0.1, -0.05) is 142 Å². The maximum atomic E-state index is 12.7. The van der Waals surface area contributed by atoms with Crippen LogP contribution in [0.15, 0.2) is 0 Å². The van der Waals surface area contributed by atoms with E-state index in [-0.39, 0.29) is 17.9 Å². The highest BCUT2D eigenvalue weighted by molar-refractivity contribution is 5.72. The standard InChI is InChI=1S/C38H73NO4/c1-4-6-8-10-12-14-18-22-26-35(34-43-38(41)36-29-31-39(3)32-30-36)27-23-19-15-16-20-24-28-37(40)42-33-25-21-17-13-11-9-7-5-2/h35-36H,4-34H2,1-3H3. The van der Waals surface area contributed by atoms with Crippen LogP contribution in [0.5, 0.6) is 0 Å². The van der Waals surface area contributed by atoms with E-state index in [9.17, 15) is 9.59 Å². The number of carbonyl (C=O) groups is 2. The third-order valence-corrected chi connectivity index (χ3v) is 9.48. The average molecular weight is 608 g/mol. The van der Waals surface area contributed by atoms with E-state index in [2.05, 4.69) is 25.8 Å². The Kier molecular flexibility index (Phi) is 27.5. The number of ether oxygens (including phenoxy) is 2. The molecule has 1 rings (SSSR count). The second-order valence-electron chi connectivity index (χ2n) is 13.7. The zero-order chi connectivity index (χ0) is 31.2. The number of nitrogens with zero attached hydrogens (tertiary/aromatic N) is 1. The molecular formula is C38H73NO4. The van der Waals surface area contributed by atoms with E-state index >= 15 is 0 Å². The molecule has 1 saturated heterocycles. The summed E-state index contributed by atoms with van der Waals surface area (Å²) in [6, 6.07) is 0. The van der Waals surface area contributed by atoms with Gasteiger partial charge in [-0.2, -0.15) is 0 Å². The molecule has 1 heterocycles. The number of esters is 2. The van der Waals surface area contributed by atoms with Crippen LogP contribution in [-0.2, 0) is 19.1 Å². The molecular weight excluding hydrogens is 534 g/mol. The van der Waals surface area contributed by atoms with E-state index in [4.69, 9.17) is 9.47 Å². The van der Waals surface area contributed by atoms with Crippen molar-refractivity contribution in [1.82, 2.24) is 4.90 Å². The summed E-state index contributed by atoms with van der Waals surface area (Å²) in [6.07, 6.45) is 32.6. The van der Waals surface area contributed by atoms with Gasteiger partial charge in [0.2, 0.25) is 0 Å². The molecule has 0 amide bonds. The summed E-state index contributed by atoms with van der Waals surface area (Å²) in [5, 5.41) is 0. The van der Waals surface area contributed by atoms with Crippen molar-refractivity contribution in [2.45, 2.75) is 187 Å². The maximum Gasteiger partial charge on any atom is 0.309 e. The summed E-state index contributed by atoms with van der Waals surface area (Å²) in [4.78, 5) is 27.0. The van der Waals surface area contributed by atoms with Crippen LogP contribution in [0.25, 0.3) is 0 Å². The molecule has 0 N–H and O–H groups in total. The van der Waals surface area contributed by atoms with Crippen molar-refractivity contribution < 1.29 is 19.1 Å². The Bertz CT molecular complexity index is 631. The molecule has 254 valence electrons. The second kappa shape index (κ2) is 29.6. The van der Waals surface area contributed by atoms with Gasteiger partial charge in [-0.3, -0.25) is 9.59 Å². The lowest BCUT2D eigenvalue weighted by molar-refractivity contribution is -0.151. The van der Waals surface area contributed by atoms with Crippen LogP contribution in [-0.4, -0.2) is 50.2 Å². The summed E-state index contributed by atoms with van der Waals surface area (Å²) in [7, 11) is 2.13. The van der Waals surface area contributed by atoms with Crippen molar-refractivity contribution in [2.24, 2.45) is 11.8 Å². The molecule has 1 aliphatic heterocycles. The highest BCUT2D eigenvalue weighted by Crippen LogP contribution is 2.23. The first kappa shape index (κ1) is 39.9. The zero-order valence-electron chi connectivity index (χ0n) is 29.2. The van der Waals surface area contributed by atoms with E-state index in [1.165, 1.54) is 135 Å². The van der Waals surface area contributed by atoms with Gasteiger partial charge in [0.1, 0.15) is 0 Å². The van der Waals surface area contributed by atoms with Crippen molar-refractivity contribution in [3.8, 4) is 0 Å². The van der Waals surface area contributed by atoms with Crippen molar-refractivity contribution in [1.29, 1.82) is 0 Å². The quantitative estimate of drug-likeness (QED) is 0.0600. The Hall–Kier alpha value is -1.10. The molecule has 1 aliphatic rings. The predicted octanol–water partition coefficient (Wildman–Crippen LogP) is 10.8. The van der Waals surface area contributed by atoms with Gasteiger partial charge in [-0.05, 0) is 64.6 Å². The fourth-order valence-electron chi connectivity index (χ4n) is 6.34. The summed E-state index contributed by atoms with van der Waals surface area (Å²) >= 11 is 0. The Morgan fingerprint density at radius 1 is 0.605 bits per heavy atom. The molecule has 0 saturated carbocycles. The van der Waals surface area contributed by atoms with E-state index in [0.717, 1.165) is 45.2 Å². The SMILES string of the molecule is CCCCCCCCCCOC(=O)CCCCCCCCC(CCCCCCCCCC)COC(=O)C1CCN(C)CC1. The normalized spacial score (nSPS) is 15.0. The first-order chi connectivity index (χ1) is 21.1. The van der Waals surface area contributed by atoms with Gasteiger partial charge in [-0.15, -0.1) is 0 Å². The van der Waals surface area contributed by atoms with E-state index in [0.29, 0.717) is 25.6 Å². The first-order valence-corrected chi connectivity index (χ1v) is 19.1. The molecule has 1 unspecified atom stereocenters. The molecule has 43 heavy (non-hydrogen) atoms. The molecule has 1 atom stereocenters. The first-order valence-electron chi connectivity index (χ1n) is 19.1. The van der Waals surface area contributed by atoms with Crippen LogP contribution in [0.4, 0.5) is 0 Å². The number of hydrogen-bond acceptors (Lipinski definition) is 5. The van der Waals surface area contributed by atoms with Gasteiger partial charge < -0.3 is 14.4 Å². The number of hydrogen-bond donors (Lipinski definition) is 0. The van der Waals surface area contributed by atoms with Gasteiger partial charge in [0, 0.05) is 6.42 Å². The van der Waals surface area contributed by atoms with Crippen molar-refractivity contribution >= 4 is 11.9 Å². The molecule has 0 spiro atoms. The lowest BCUT2D eigenvalue weighted by atomic mass is 9.94. The number of piperidine rings is 1. The largest absolute Gasteiger partial charge is 0.466 e. The minimum atomic E-state index is -0.0125. The van der Waals surface area contributed by atoms with E-state index in [1.54, 1.807) is 0 Å². The summed E-state index contributed by atoms with van der Waals surface area (Å²) in [5.74, 6) is 0.639. The smallest absolute Gasteiger partial charge is 0.309 e. The Balaban J connectivity index is 2.12. The highest BCUT2D eigenvalue weighted by Gasteiger charge is 2.25. The molecule has 5 nitrogen and oxygen atoms in total. The fraction of sp³-hybridized carbons (Fsp3) is 0.947. The van der Waals surface area contributed by atoms with Crippen LogP contribution < -0.4 is 0 Å². The number of carbonyl (C=O) groups excluding carboxylic acids is 2. The fourth-order valence-corrected chi connectivity index (χ4v) is 6.34. The van der Waals surface area contributed by atoms with Crippen molar-refractivity contribution in [3.05, 3.63) is 0 Å². The third kappa shape index (κ3) is 24.9. The molecule has 0 aromatic carbocycles. The summed E-state index contributed by atoms with van der Waals surface area (Å²) < 4.78 is 11.3. The molecule has 0 radical (unpaired) electrons. The third-order valence-electron chi connectivity index (χ3n) is 9.48. The molecule has 0 bridgehead atoms. The Morgan fingerprint density at radius 2 is 1.05 bits per heavy atom. The number of likely N-dealkylation sites (tertiary alicyclic amines) is 1. The van der Waals surface area contributed by atoms with E-state index in [1.807, 2.05) is 0 Å². The molecule has 5 heteroatoms. The Labute approximate surface area is 268 Å². The topological polar surface area (TPSA) is 55.8 Å². The minimum Gasteiger partial charge on any atom is -0.466 e. The van der Waals surface area contributed by atoms with Gasteiger partial charge >= 0.3 is 11.9 Å². The molecule has 0 aromatic heterocycles. The monoisotopic (exact) mass is 608 g/mol. The summed E-state index contributed by atoms with van der Waals surface area (Å²) in [6.45, 7) is 7.75. The van der Waals surface area contributed by atoms with Crippen molar-refractivity contribution in [2.75, 3.05) is 33.4 Å². The number of unbranched alkanes of at least 4 members (excludes halogenated alkanes) is 19. The van der Waals surface area contributed by atoms with Gasteiger partial charge in [0.25, 0.3) is 0 Å². The Morgan fingerprint density at radius 3 is 1.56 bits per heavy atom. The van der Waals surface area contributed by atoms with Gasteiger partial charge in [0.05, 0.1) is 19.1 Å². The zero-order valence-corrected chi connectivity index (χ0v) is 29.2. The lowest BCUT2D eigenvalue weighted by Crippen LogP contribution is -2.34. The molecule has 0 aromatic rings. The minimum absolute atomic E-state index is 0.0125. The molecule has 0 aliphatic carbocycles. The van der Waals surface area contributed by atoms with Crippen LogP contribution in [0.3, 0.4) is 0 Å². The summed E-state index contributed by atoms with van der Waals surface area (Å²) in [5.41, 5.74) is 0.